The predicted octanol–water partition coefficient (Wildman–Crippen LogP) is 1.84. The van der Waals surface area contributed by atoms with Gasteiger partial charge in [-0.25, -0.2) is 0 Å². The lowest BCUT2D eigenvalue weighted by Crippen LogP contribution is -2.48. The van der Waals surface area contributed by atoms with Crippen LogP contribution in [0, 0.1) is 23.2 Å². The fraction of sp³-hybridized carbons (Fsp3) is 0.857. The Morgan fingerprint density at radius 3 is 2.26 bits per heavy atom. The molecule has 1 heterocycles. The lowest BCUT2D eigenvalue weighted by atomic mass is 9.49. The van der Waals surface area contributed by atoms with Crippen LogP contribution in [-0.2, 0) is 14.4 Å². The standard InChI is InChI=1S/C21H33N3O3/c25-18(13-21-10-15-7-16(11-21)9-17(8-15)12-21)23-14-19(26)22-4-2-6-24-5-1-3-20(24)27/h15-17H,1-14H2,(H,22,26)(H,23,25). The van der Waals surface area contributed by atoms with Crippen molar-refractivity contribution in [2.75, 3.05) is 26.2 Å². The zero-order valence-corrected chi connectivity index (χ0v) is 16.3. The molecule has 0 radical (unpaired) electrons. The van der Waals surface area contributed by atoms with Crippen molar-refractivity contribution < 1.29 is 14.4 Å². The van der Waals surface area contributed by atoms with Crippen LogP contribution >= 0.6 is 0 Å². The molecule has 0 aromatic rings. The van der Waals surface area contributed by atoms with Crippen LogP contribution in [0.4, 0.5) is 0 Å². The molecule has 0 atom stereocenters. The maximum absolute atomic E-state index is 12.4. The van der Waals surface area contributed by atoms with Gasteiger partial charge in [-0.2, -0.15) is 0 Å². The zero-order chi connectivity index (χ0) is 18.9. The molecule has 5 aliphatic rings. The SMILES string of the molecule is O=C(CNC(=O)CC12CC3CC(CC(C3)C1)C2)NCCCN1CCCC1=O. The number of hydrogen-bond acceptors (Lipinski definition) is 3. The third kappa shape index (κ3) is 4.46. The van der Waals surface area contributed by atoms with E-state index in [1.807, 2.05) is 4.90 Å². The van der Waals surface area contributed by atoms with Crippen LogP contribution in [0.25, 0.3) is 0 Å². The summed E-state index contributed by atoms with van der Waals surface area (Å²) < 4.78 is 0. The van der Waals surface area contributed by atoms with Gasteiger partial charge in [-0.1, -0.05) is 0 Å². The molecule has 6 heteroatoms. The fourth-order valence-corrected chi connectivity index (χ4v) is 6.59. The lowest BCUT2D eigenvalue weighted by Gasteiger charge is -2.56. The van der Waals surface area contributed by atoms with Crippen molar-refractivity contribution in [3.8, 4) is 0 Å². The van der Waals surface area contributed by atoms with E-state index in [0.717, 1.165) is 37.1 Å². The molecular weight excluding hydrogens is 342 g/mol. The van der Waals surface area contributed by atoms with Crippen LogP contribution < -0.4 is 10.6 Å². The third-order valence-corrected chi connectivity index (χ3v) is 7.25. The van der Waals surface area contributed by atoms with Crippen molar-refractivity contribution in [2.45, 2.75) is 64.2 Å². The molecule has 0 aromatic heterocycles. The molecule has 2 N–H and O–H groups in total. The van der Waals surface area contributed by atoms with E-state index in [1.54, 1.807) is 0 Å². The van der Waals surface area contributed by atoms with E-state index in [-0.39, 0.29) is 29.7 Å². The number of nitrogens with zero attached hydrogens (tertiary/aromatic N) is 1. The molecule has 0 unspecified atom stereocenters. The minimum atomic E-state index is -0.137. The van der Waals surface area contributed by atoms with Gasteiger partial charge in [-0.05, 0) is 74.5 Å². The van der Waals surface area contributed by atoms with Crippen LogP contribution in [0.15, 0.2) is 0 Å². The Balaban J connectivity index is 1.12. The largest absolute Gasteiger partial charge is 0.355 e. The number of likely N-dealkylation sites (tertiary alicyclic amines) is 1. The molecule has 0 spiro atoms. The summed E-state index contributed by atoms with van der Waals surface area (Å²) in [5, 5.41) is 5.68. The molecule has 27 heavy (non-hydrogen) atoms. The van der Waals surface area contributed by atoms with E-state index in [0.29, 0.717) is 25.9 Å². The number of amides is 3. The van der Waals surface area contributed by atoms with E-state index < -0.39 is 0 Å². The second-order valence-electron chi connectivity index (χ2n) is 9.56. The molecule has 0 aromatic carbocycles. The van der Waals surface area contributed by atoms with Crippen molar-refractivity contribution >= 4 is 17.7 Å². The minimum absolute atomic E-state index is 0.0368. The van der Waals surface area contributed by atoms with Gasteiger partial charge in [0.1, 0.15) is 0 Å². The minimum Gasteiger partial charge on any atom is -0.355 e. The van der Waals surface area contributed by atoms with Gasteiger partial charge in [0, 0.05) is 32.5 Å². The Kier molecular flexibility index (Phi) is 5.42. The van der Waals surface area contributed by atoms with Crippen molar-refractivity contribution in [1.82, 2.24) is 15.5 Å². The van der Waals surface area contributed by atoms with Crippen LogP contribution in [-0.4, -0.2) is 48.8 Å². The van der Waals surface area contributed by atoms with Gasteiger partial charge in [0.2, 0.25) is 17.7 Å². The molecule has 4 aliphatic carbocycles. The van der Waals surface area contributed by atoms with Gasteiger partial charge in [-0.15, -0.1) is 0 Å². The second kappa shape index (κ2) is 7.80. The van der Waals surface area contributed by atoms with Crippen LogP contribution in [0.5, 0.6) is 0 Å². The zero-order valence-electron chi connectivity index (χ0n) is 16.3. The molecule has 150 valence electrons. The summed E-state index contributed by atoms with van der Waals surface area (Å²) in [6, 6.07) is 0. The first-order valence-corrected chi connectivity index (χ1v) is 10.8. The molecule has 6 nitrogen and oxygen atoms in total. The van der Waals surface area contributed by atoms with Gasteiger partial charge in [0.25, 0.3) is 0 Å². The average Bonchev–Trinajstić information content (AvgIpc) is 3.00. The summed E-state index contributed by atoms with van der Waals surface area (Å²) in [7, 11) is 0. The Hall–Kier alpha value is -1.59. The van der Waals surface area contributed by atoms with Crippen LogP contribution in [0.1, 0.15) is 64.2 Å². The maximum atomic E-state index is 12.4. The topological polar surface area (TPSA) is 78.5 Å². The predicted molar refractivity (Wildman–Crippen MR) is 102 cm³/mol. The van der Waals surface area contributed by atoms with E-state index in [1.165, 1.54) is 38.5 Å². The van der Waals surface area contributed by atoms with Crippen LogP contribution in [0.2, 0.25) is 0 Å². The summed E-state index contributed by atoms with van der Waals surface area (Å²) >= 11 is 0. The van der Waals surface area contributed by atoms with Crippen molar-refractivity contribution in [2.24, 2.45) is 23.2 Å². The number of carbonyl (C=O) groups excluding carboxylic acids is 3. The highest BCUT2D eigenvalue weighted by molar-refractivity contribution is 5.85. The molecule has 1 saturated heterocycles. The molecule has 4 saturated carbocycles. The monoisotopic (exact) mass is 375 g/mol. The Morgan fingerprint density at radius 1 is 1.00 bits per heavy atom. The maximum Gasteiger partial charge on any atom is 0.239 e. The lowest BCUT2D eigenvalue weighted by molar-refractivity contribution is -0.132. The number of rotatable bonds is 8. The number of carbonyl (C=O) groups is 3. The Labute approximate surface area is 161 Å². The summed E-state index contributed by atoms with van der Waals surface area (Å²) in [5.74, 6) is 2.65. The van der Waals surface area contributed by atoms with Crippen molar-refractivity contribution in [3.63, 3.8) is 0 Å². The van der Waals surface area contributed by atoms with Gasteiger partial charge in [-0.3, -0.25) is 14.4 Å². The fourth-order valence-electron chi connectivity index (χ4n) is 6.59. The van der Waals surface area contributed by atoms with E-state index in [4.69, 9.17) is 0 Å². The highest BCUT2D eigenvalue weighted by atomic mass is 16.2. The molecular formula is C21H33N3O3. The van der Waals surface area contributed by atoms with E-state index in [9.17, 15) is 14.4 Å². The first kappa shape index (κ1) is 18.8. The molecule has 1 aliphatic heterocycles. The quantitative estimate of drug-likeness (QED) is 0.636. The third-order valence-electron chi connectivity index (χ3n) is 7.25. The Morgan fingerprint density at radius 2 is 1.67 bits per heavy atom. The molecule has 4 bridgehead atoms. The summed E-state index contributed by atoms with van der Waals surface area (Å²) in [4.78, 5) is 37.8. The summed E-state index contributed by atoms with van der Waals surface area (Å²) in [6.45, 7) is 2.16. The smallest absolute Gasteiger partial charge is 0.239 e. The van der Waals surface area contributed by atoms with Crippen molar-refractivity contribution in [3.05, 3.63) is 0 Å². The first-order chi connectivity index (χ1) is 13.0. The van der Waals surface area contributed by atoms with Crippen molar-refractivity contribution in [1.29, 1.82) is 0 Å². The van der Waals surface area contributed by atoms with Gasteiger partial charge >= 0.3 is 0 Å². The van der Waals surface area contributed by atoms with Gasteiger partial charge < -0.3 is 15.5 Å². The highest BCUT2D eigenvalue weighted by Crippen LogP contribution is 2.61. The number of nitrogens with one attached hydrogen (secondary N) is 2. The van der Waals surface area contributed by atoms with Gasteiger partial charge in [0.05, 0.1) is 6.54 Å². The normalized spacial score (nSPS) is 34.1. The number of hydrogen-bond donors (Lipinski definition) is 2. The molecule has 5 fully saturated rings. The van der Waals surface area contributed by atoms with Crippen LogP contribution in [0.3, 0.4) is 0 Å². The second-order valence-corrected chi connectivity index (χ2v) is 9.56. The molecule has 5 rings (SSSR count). The molecule has 3 amide bonds. The average molecular weight is 376 g/mol. The van der Waals surface area contributed by atoms with Gasteiger partial charge in [0.15, 0.2) is 0 Å². The highest BCUT2D eigenvalue weighted by Gasteiger charge is 2.51. The van der Waals surface area contributed by atoms with E-state index >= 15 is 0 Å². The summed E-state index contributed by atoms with van der Waals surface area (Å²) in [5.41, 5.74) is 0.220. The first-order valence-electron chi connectivity index (χ1n) is 10.8. The summed E-state index contributed by atoms with van der Waals surface area (Å²) in [6.07, 6.45) is 10.8. The van der Waals surface area contributed by atoms with E-state index in [2.05, 4.69) is 10.6 Å². The Bertz CT molecular complexity index is 568.